The van der Waals surface area contributed by atoms with Gasteiger partial charge in [-0.2, -0.15) is 5.10 Å². The third-order valence-electron chi connectivity index (χ3n) is 8.40. The van der Waals surface area contributed by atoms with E-state index in [9.17, 15) is 9.59 Å². The lowest BCUT2D eigenvalue weighted by Gasteiger charge is -2.21. The third-order valence-corrected chi connectivity index (χ3v) is 8.40. The van der Waals surface area contributed by atoms with Crippen molar-refractivity contribution in [2.45, 2.75) is 78.6 Å². The maximum absolute atomic E-state index is 12.2. The molecule has 1 saturated carbocycles. The first-order valence-corrected chi connectivity index (χ1v) is 15.7. The predicted molar refractivity (Wildman–Crippen MR) is 176 cm³/mol. The highest BCUT2D eigenvalue weighted by Gasteiger charge is 2.41. The van der Waals surface area contributed by atoms with Crippen LogP contribution in [0.5, 0.6) is 5.75 Å². The van der Waals surface area contributed by atoms with Crippen molar-refractivity contribution >= 4 is 22.3 Å². The summed E-state index contributed by atoms with van der Waals surface area (Å²) in [5.41, 5.74) is 5.58. The molecule has 0 unspecified atom stereocenters. The molecule has 0 atom stereocenters. The number of nitrogens with zero attached hydrogens (tertiary/aromatic N) is 3. The fourth-order valence-corrected chi connectivity index (χ4v) is 5.63. The number of fused-ring (bicyclic) bond motifs is 1. The first-order valence-electron chi connectivity index (χ1n) is 15.7. The van der Waals surface area contributed by atoms with Gasteiger partial charge in [-0.15, -0.1) is 0 Å². The van der Waals surface area contributed by atoms with Crippen LogP contribution in [0.4, 0.5) is 0 Å². The summed E-state index contributed by atoms with van der Waals surface area (Å²) >= 11 is 0. The minimum atomic E-state index is -0.410. The van der Waals surface area contributed by atoms with Crippen LogP contribution < -0.4 is 4.74 Å². The van der Waals surface area contributed by atoms with Crippen LogP contribution in [0.2, 0.25) is 0 Å². The van der Waals surface area contributed by atoms with Crippen LogP contribution in [0.3, 0.4) is 0 Å². The normalized spacial score (nSPS) is 13.5. The van der Waals surface area contributed by atoms with Crippen molar-refractivity contribution in [3.8, 4) is 11.4 Å². The Kier molecular flexibility index (Phi) is 10.9. The van der Waals surface area contributed by atoms with Gasteiger partial charge in [0.1, 0.15) is 5.75 Å². The summed E-state index contributed by atoms with van der Waals surface area (Å²) in [6, 6.07) is 22.0. The Morgan fingerprint density at radius 3 is 2.16 bits per heavy atom. The molecule has 0 bridgehead atoms. The SMILES string of the molecule is CCCN(CCC)CCCc1ccc(C(=O)C(C)=O)c2ccccc12.COc1ccc(-n2nc(C3(C)CC3)cc2C)cc1. The van der Waals surface area contributed by atoms with E-state index in [1.165, 1.54) is 49.6 Å². The molecule has 6 nitrogen and oxygen atoms in total. The predicted octanol–water partition coefficient (Wildman–Crippen LogP) is 7.91. The van der Waals surface area contributed by atoms with E-state index in [-0.39, 0.29) is 0 Å². The summed E-state index contributed by atoms with van der Waals surface area (Å²) in [4.78, 5) is 26.2. The minimum Gasteiger partial charge on any atom is -0.497 e. The molecule has 3 aromatic carbocycles. The number of benzene rings is 3. The number of Topliss-reactive ketones (excluding diaryl/α,β-unsaturated/α-hetero) is 2. The number of aryl methyl sites for hydroxylation is 2. The van der Waals surface area contributed by atoms with Gasteiger partial charge >= 0.3 is 0 Å². The molecule has 4 aromatic rings. The molecule has 6 heteroatoms. The molecule has 228 valence electrons. The highest BCUT2D eigenvalue weighted by molar-refractivity contribution is 6.45. The molecule has 0 amide bonds. The van der Waals surface area contributed by atoms with E-state index in [0.29, 0.717) is 11.0 Å². The second-order valence-electron chi connectivity index (χ2n) is 12.0. The smallest absolute Gasteiger partial charge is 0.228 e. The largest absolute Gasteiger partial charge is 0.497 e. The Balaban J connectivity index is 0.000000206. The Morgan fingerprint density at radius 1 is 0.930 bits per heavy atom. The van der Waals surface area contributed by atoms with Gasteiger partial charge in [-0.05, 0) is 112 Å². The van der Waals surface area contributed by atoms with Crippen molar-refractivity contribution in [1.82, 2.24) is 14.7 Å². The third kappa shape index (κ3) is 7.99. The van der Waals surface area contributed by atoms with Crippen LogP contribution in [-0.4, -0.2) is 53.0 Å². The zero-order chi connectivity index (χ0) is 31.0. The lowest BCUT2D eigenvalue weighted by molar-refractivity contribution is -0.113. The van der Waals surface area contributed by atoms with Gasteiger partial charge in [-0.1, -0.05) is 57.2 Å². The topological polar surface area (TPSA) is 64.4 Å². The van der Waals surface area contributed by atoms with Gasteiger partial charge < -0.3 is 9.64 Å². The van der Waals surface area contributed by atoms with Crippen molar-refractivity contribution in [1.29, 1.82) is 0 Å². The molecule has 1 aromatic heterocycles. The van der Waals surface area contributed by atoms with Gasteiger partial charge in [-0.3, -0.25) is 9.59 Å². The van der Waals surface area contributed by atoms with Gasteiger partial charge in [0.2, 0.25) is 5.78 Å². The van der Waals surface area contributed by atoms with Crippen LogP contribution in [0.25, 0.3) is 16.5 Å². The molecule has 1 heterocycles. The summed E-state index contributed by atoms with van der Waals surface area (Å²) in [6.45, 7) is 13.6. The van der Waals surface area contributed by atoms with Crippen molar-refractivity contribution in [3.63, 3.8) is 0 Å². The van der Waals surface area contributed by atoms with Crippen LogP contribution in [0.1, 0.15) is 87.1 Å². The van der Waals surface area contributed by atoms with Gasteiger partial charge in [-0.25, -0.2) is 4.68 Å². The van der Waals surface area contributed by atoms with Gasteiger partial charge in [0.25, 0.3) is 0 Å². The standard InChI is InChI=1S/C22H29NO2.C15H18N2O/c1-4-14-23(15-5-2)16-8-9-18-12-13-21(22(25)17(3)24)20-11-7-6-10-19(18)20;1-11-10-14(15(2)8-9-15)16-17(11)12-4-6-13(18-3)7-5-12/h6-7,10-13H,4-5,8-9,14-16H2,1-3H3;4-7,10H,8-9H2,1-3H3. The van der Waals surface area contributed by atoms with Crippen molar-refractivity contribution < 1.29 is 14.3 Å². The fraction of sp³-hybridized carbons (Fsp3) is 0.432. The molecule has 0 radical (unpaired) electrons. The molecule has 0 spiro atoms. The summed E-state index contributed by atoms with van der Waals surface area (Å²) in [5.74, 6) is 0.0606. The number of ether oxygens (including phenoxy) is 1. The zero-order valence-corrected chi connectivity index (χ0v) is 26.8. The summed E-state index contributed by atoms with van der Waals surface area (Å²) < 4.78 is 7.19. The zero-order valence-electron chi connectivity index (χ0n) is 26.8. The van der Waals surface area contributed by atoms with E-state index in [1.54, 1.807) is 7.11 Å². The van der Waals surface area contributed by atoms with Gasteiger partial charge in [0.05, 0.1) is 18.5 Å². The second kappa shape index (κ2) is 14.6. The molecular formula is C37H47N3O3. The summed E-state index contributed by atoms with van der Waals surface area (Å²) in [7, 11) is 1.68. The van der Waals surface area contributed by atoms with Crippen LogP contribution in [0.15, 0.2) is 66.7 Å². The van der Waals surface area contributed by atoms with E-state index in [4.69, 9.17) is 9.84 Å². The average molecular weight is 582 g/mol. The maximum Gasteiger partial charge on any atom is 0.228 e. The molecule has 43 heavy (non-hydrogen) atoms. The highest BCUT2D eigenvalue weighted by atomic mass is 16.5. The quantitative estimate of drug-likeness (QED) is 0.119. The van der Waals surface area contributed by atoms with Gasteiger partial charge in [0.15, 0.2) is 5.78 Å². The Morgan fingerprint density at radius 2 is 1.58 bits per heavy atom. The number of aromatic nitrogens is 2. The molecule has 1 aliphatic rings. The van der Waals surface area contributed by atoms with Crippen molar-refractivity contribution in [2.24, 2.45) is 0 Å². The lowest BCUT2D eigenvalue weighted by atomic mass is 9.94. The molecule has 0 saturated heterocycles. The van der Waals surface area contributed by atoms with Crippen molar-refractivity contribution in [3.05, 3.63) is 89.2 Å². The number of carbonyl (C=O) groups excluding carboxylic acids is 2. The number of methoxy groups -OCH3 is 1. The lowest BCUT2D eigenvalue weighted by Crippen LogP contribution is -2.26. The number of hydrogen-bond donors (Lipinski definition) is 0. The molecular weight excluding hydrogens is 534 g/mol. The van der Waals surface area contributed by atoms with E-state index in [2.05, 4.69) is 44.7 Å². The highest BCUT2D eigenvalue weighted by Crippen LogP contribution is 2.47. The fourth-order valence-electron chi connectivity index (χ4n) is 5.63. The molecule has 5 rings (SSSR count). The van der Waals surface area contributed by atoms with Crippen molar-refractivity contribution in [2.75, 3.05) is 26.7 Å². The summed E-state index contributed by atoms with van der Waals surface area (Å²) in [6.07, 6.45) is 6.97. The maximum atomic E-state index is 12.2. The molecule has 0 aliphatic heterocycles. The average Bonchev–Trinajstić information content (AvgIpc) is 3.64. The number of hydrogen-bond acceptors (Lipinski definition) is 5. The Bertz CT molecular complexity index is 1530. The first-order chi connectivity index (χ1) is 20.7. The Labute approximate surface area is 257 Å². The Hall–Kier alpha value is -3.77. The van der Waals surface area contributed by atoms with E-state index < -0.39 is 11.6 Å². The molecule has 0 N–H and O–H groups in total. The van der Waals surface area contributed by atoms with Crippen LogP contribution in [-0.2, 0) is 16.6 Å². The first kappa shape index (κ1) is 32.2. The monoisotopic (exact) mass is 581 g/mol. The number of ketones is 2. The second-order valence-corrected chi connectivity index (χ2v) is 12.0. The van der Waals surface area contributed by atoms with Gasteiger partial charge in [0, 0.05) is 23.6 Å². The van der Waals surface area contributed by atoms with E-state index >= 15 is 0 Å². The minimum absolute atomic E-state index is 0.322. The van der Waals surface area contributed by atoms with Crippen LogP contribution in [0, 0.1) is 6.92 Å². The van der Waals surface area contributed by atoms with E-state index in [0.717, 1.165) is 54.7 Å². The number of rotatable bonds is 13. The summed E-state index contributed by atoms with van der Waals surface area (Å²) in [5, 5.41) is 6.72. The van der Waals surface area contributed by atoms with Crippen LogP contribution >= 0.6 is 0 Å². The molecule has 1 aliphatic carbocycles. The van der Waals surface area contributed by atoms with E-state index in [1.807, 2.05) is 59.3 Å². The number of carbonyl (C=O) groups is 2. The molecule has 1 fully saturated rings.